The minimum absolute atomic E-state index is 0.0631. The Morgan fingerprint density at radius 1 is 1.64 bits per heavy atom. The Bertz CT molecular complexity index is 265. The highest BCUT2D eigenvalue weighted by atomic mass is 80.0. The number of nitrogens with zero attached hydrogens (tertiary/aromatic N) is 1. The van der Waals surface area contributed by atoms with Gasteiger partial charge in [0.25, 0.3) is 0 Å². The van der Waals surface area contributed by atoms with Crippen molar-refractivity contribution in [1.82, 2.24) is 4.98 Å². The number of ketones is 1. The molecule has 0 unspecified atom stereocenters. The van der Waals surface area contributed by atoms with Crippen molar-refractivity contribution < 1.29 is 32.2 Å². The zero-order chi connectivity index (χ0) is 11.0. The van der Waals surface area contributed by atoms with Crippen molar-refractivity contribution >= 4 is 21.7 Å². The molecular weight excluding hydrogens is 322 g/mol. The Morgan fingerprint density at radius 2 is 2.21 bits per heavy atom. The number of Topliss-reactive ketones (excluding diaryl/α,β-unsaturated/α-hetero) is 1. The molecule has 5 nitrogen and oxygen atoms in total. The molecule has 0 bridgehead atoms. The van der Waals surface area contributed by atoms with Crippen molar-refractivity contribution in [2.75, 3.05) is 5.33 Å². The van der Waals surface area contributed by atoms with Crippen molar-refractivity contribution in [1.29, 1.82) is 0 Å². The summed E-state index contributed by atoms with van der Waals surface area (Å²) in [5.74, 6) is 0.0631. The maximum atomic E-state index is 10.9. The van der Waals surface area contributed by atoms with Crippen LogP contribution in [-0.4, -0.2) is 20.3 Å². The zero-order valence-electron chi connectivity index (χ0n) is 6.89. The smallest absolute Gasteiger partial charge is 0.372 e. The molecule has 1 heterocycles. The molecule has 7 heteroatoms. The van der Waals surface area contributed by atoms with Crippen LogP contribution in [0.25, 0.3) is 0 Å². The van der Waals surface area contributed by atoms with Gasteiger partial charge in [-0.25, -0.2) is 0 Å². The Balaban J connectivity index is 0.000000364. The third-order valence-electron chi connectivity index (χ3n) is 1.10. The van der Waals surface area contributed by atoms with Crippen LogP contribution < -0.4 is 8.40 Å². The predicted octanol–water partition coefficient (Wildman–Crippen LogP) is -1.28. The van der Waals surface area contributed by atoms with Gasteiger partial charge >= 0.3 is 14.8 Å². The highest BCUT2D eigenvalue weighted by Gasteiger charge is 2.00. The molecule has 78 valence electrons. The summed E-state index contributed by atoms with van der Waals surface area (Å²) in [5, 5.41) is 0.360. The summed E-state index contributed by atoms with van der Waals surface area (Å²) in [4.78, 5) is 14.7. The first-order valence-electron chi connectivity index (χ1n) is 3.31. The Kier molecular flexibility index (Phi) is 7.81. The maximum Gasteiger partial charge on any atom is 0.433 e. The second-order valence-electron chi connectivity index (χ2n) is 2.00. The molecule has 1 aromatic rings. The highest BCUT2D eigenvalue weighted by Crippen LogP contribution is 1.98. The molecule has 0 amide bonds. The lowest BCUT2D eigenvalue weighted by atomic mass is 10.2. The van der Waals surface area contributed by atoms with E-state index < -0.39 is 14.8 Å². The first-order chi connectivity index (χ1) is 6.57. The predicted molar refractivity (Wildman–Crippen MR) is 44.6 cm³/mol. The third-order valence-corrected chi connectivity index (χ3v) is 1.61. The van der Waals surface area contributed by atoms with E-state index >= 15 is 0 Å². The molecule has 0 aliphatic heterocycles. The molecule has 0 aliphatic carbocycles. The normalized spacial score (nSPS) is 9.21. The van der Waals surface area contributed by atoms with Crippen LogP contribution in [0.15, 0.2) is 24.5 Å². The standard InChI is InChI=1S/C7H6BrNO.BrHO3/c8-4-7(10)6-2-1-3-9-5-6;2-1(3)4/h1-3,5H,4H2;2H. The summed E-state index contributed by atoms with van der Waals surface area (Å²) in [6.45, 7) is 0. The maximum absolute atomic E-state index is 10.9. The number of hydrogen-bond acceptors (Lipinski definition) is 5. The monoisotopic (exact) mass is 327 g/mol. The molecule has 0 saturated heterocycles. The van der Waals surface area contributed by atoms with E-state index in [-0.39, 0.29) is 5.78 Å². The van der Waals surface area contributed by atoms with Gasteiger partial charge in [0.1, 0.15) is 0 Å². The van der Waals surface area contributed by atoms with E-state index in [0.717, 1.165) is 0 Å². The van der Waals surface area contributed by atoms with E-state index in [4.69, 9.17) is 12.6 Å². The van der Waals surface area contributed by atoms with Crippen LogP contribution in [-0.2, 0) is 0 Å². The zero-order valence-corrected chi connectivity index (χ0v) is 10.1. The summed E-state index contributed by atoms with van der Waals surface area (Å²) < 4.78 is 24.3. The van der Waals surface area contributed by atoms with Gasteiger partial charge in [-0.05, 0) is 16.3 Å². The van der Waals surface area contributed by atoms with Crippen LogP contribution in [0.3, 0.4) is 0 Å². The molecule has 0 radical (unpaired) electrons. The van der Waals surface area contributed by atoms with E-state index in [0.29, 0.717) is 10.9 Å². The molecule has 1 rings (SSSR count). The largest absolute Gasteiger partial charge is 0.433 e. The number of hydrogen-bond donors (Lipinski definition) is 1. The molecule has 0 saturated carbocycles. The minimum atomic E-state index is -3.40. The molecule has 14 heavy (non-hydrogen) atoms. The lowest BCUT2D eigenvalue weighted by Gasteiger charge is -1.92. The number of aromatic nitrogens is 1. The second-order valence-corrected chi connectivity index (χ2v) is 3.40. The van der Waals surface area contributed by atoms with Gasteiger partial charge in [0, 0.05) is 18.0 Å². The van der Waals surface area contributed by atoms with Gasteiger partial charge in [-0.15, -0.1) is 0 Å². The van der Waals surface area contributed by atoms with Crippen LogP contribution in [0, 0.1) is 14.8 Å². The Hall–Kier alpha value is -0.340. The van der Waals surface area contributed by atoms with E-state index in [1.807, 2.05) is 0 Å². The number of halogens is 2. The third kappa shape index (κ3) is 7.10. The Labute approximate surface area is 94.4 Å². The van der Waals surface area contributed by atoms with E-state index in [9.17, 15) is 4.79 Å². The minimum Gasteiger partial charge on any atom is -0.372 e. The first kappa shape index (κ1) is 13.7. The number of alkyl halides is 1. The van der Waals surface area contributed by atoms with Crippen molar-refractivity contribution in [3.05, 3.63) is 30.1 Å². The van der Waals surface area contributed by atoms with Crippen molar-refractivity contribution in [3.63, 3.8) is 0 Å². The van der Waals surface area contributed by atoms with Gasteiger partial charge in [-0.1, -0.05) is 15.9 Å². The van der Waals surface area contributed by atoms with Crippen molar-refractivity contribution in [3.8, 4) is 0 Å². The summed E-state index contributed by atoms with van der Waals surface area (Å²) in [7, 11) is 0. The van der Waals surface area contributed by atoms with E-state index in [2.05, 4.69) is 20.9 Å². The lowest BCUT2D eigenvalue weighted by Crippen LogP contribution is -2.30. The second kappa shape index (κ2) is 8.01. The van der Waals surface area contributed by atoms with Gasteiger partial charge in [-0.3, -0.25) is 9.78 Å². The molecular formula is C7H7Br2NO4. The summed E-state index contributed by atoms with van der Waals surface area (Å²) in [6, 6.07) is 3.49. The highest BCUT2D eigenvalue weighted by molar-refractivity contribution is 9.09. The summed E-state index contributed by atoms with van der Waals surface area (Å²) in [6.07, 6.45) is 3.20. The van der Waals surface area contributed by atoms with E-state index in [1.165, 1.54) is 0 Å². The van der Waals surface area contributed by atoms with Crippen LogP contribution in [0.5, 0.6) is 0 Å². The van der Waals surface area contributed by atoms with Crippen LogP contribution in [0.1, 0.15) is 10.4 Å². The summed E-state index contributed by atoms with van der Waals surface area (Å²) in [5.41, 5.74) is 0.652. The fourth-order valence-corrected chi connectivity index (χ4v) is 0.929. The van der Waals surface area contributed by atoms with Crippen LogP contribution in [0.2, 0.25) is 0 Å². The molecule has 0 atom stereocenters. The molecule has 1 aromatic heterocycles. The number of carbonyl (C=O) groups excluding carboxylic acids is 1. The SMILES string of the molecule is O=C(CBr)c1cccnc1.[O-][Br+2]([O-])O. The topological polar surface area (TPSA) is 96.3 Å². The van der Waals surface area contributed by atoms with Gasteiger partial charge in [0.2, 0.25) is 0 Å². The van der Waals surface area contributed by atoms with Gasteiger partial charge < -0.3 is 8.40 Å². The molecule has 0 fully saturated rings. The van der Waals surface area contributed by atoms with E-state index in [1.54, 1.807) is 24.5 Å². The van der Waals surface area contributed by atoms with Crippen molar-refractivity contribution in [2.45, 2.75) is 0 Å². The van der Waals surface area contributed by atoms with Crippen LogP contribution in [0.4, 0.5) is 0 Å². The lowest BCUT2D eigenvalue weighted by molar-refractivity contribution is -1.63. The van der Waals surface area contributed by atoms with Gasteiger partial charge in [-0.2, -0.15) is 0 Å². The summed E-state index contributed by atoms with van der Waals surface area (Å²) >= 11 is -0.322. The molecule has 1 N–H and O–H groups in total. The quantitative estimate of drug-likeness (QED) is 0.539. The fraction of sp³-hybridized carbons (Fsp3) is 0.143. The van der Waals surface area contributed by atoms with Crippen LogP contribution >= 0.6 is 15.9 Å². The molecule has 0 spiro atoms. The average molecular weight is 329 g/mol. The average Bonchev–Trinajstić information content (AvgIpc) is 2.17. The van der Waals surface area contributed by atoms with Gasteiger partial charge in [0.05, 0.1) is 5.33 Å². The number of pyridine rings is 1. The molecule has 0 aliphatic rings. The molecule has 0 aromatic carbocycles. The number of rotatable bonds is 2. The van der Waals surface area contributed by atoms with Gasteiger partial charge in [0.15, 0.2) is 5.78 Å². The Morgan fingerprint density at radius 3 is 2.57 bits per heavy atom. The fourth-order valence-electron chi connectivity index (χ4n) is 0.605. The van der Waals surface area contributed by atoms with Crippen molar-refractivity contribution in [2.24, 2.45) is 0 Å². The number of carbonyl (C=O) groups is 1. The first-order valence-corrected chi connectivity index (χ1v) is 6.44.